The standard InChI is InChI=1S/C23H31N3O2/c1-5-17-10-12-18(13-11-17)22(16(3)4)25-15-21(27)26-20-9-7-8-19(14-20)23(28)24-6-2/h7-14,16,22,25H,5-6,15H2,1-4H3,(H,24,28)(H,26,27)/p+1/t22-/m0/s1. The van der Waals surface area contributed by atoms with Crippen molar-refractivity contribution in [2.75, 3.05) is 18.4 Å². The molecule has 5 nitrogen and oxygen atoms in total. The van der Waals surface area contributed by atoms with Gasteiger partial charge in [-0.1, -0.05) is 51.1 Å². The number of carbonyl (C=O) groups is 2. The van der Waals surface area contributed by atoms with Crippen molar-refractivity contribution in [1.82, 2.24) is 5.32 Å². The van der Waals surface area contributed by atoms with E-state index in [0.29, 0.717) is 30.3 Å². The van der Waals surface area contributed by atoms with Crippen molar-refractivity contribution >= 4 is 17.5 Å². The van der Waals surface area contributed by atoms with Gasteiger partial charge in [-0.25, -0.2) is 0 Å². The fourth-order valence-electron chi connectivity index (χ4n) is 3.22. The van der Waals surface area contributed by atoms with E-state index in [-0.39, 0.29) is 17.9 Å². The van der Waals surface area contributed by atoms with Crippen molar-refractivity contribution in [3.8, 4) is 0 Å². The van der Waals surface area contributed by atoms with Crippen LogP contribution in [0.25, 0.3) is 0 Å². The van der Waals surface area contributed by atoms with Crippen LogP contribution in [0.1, 0.15) is 55.2 Å². The number of quaternary nitrogens is 1. The summed E-state index contributed by atoms with van der Waals surface area (Å²) in [5, 5.41) is 7.73. The molecule has 0 saturated carbocycles. The quantitative estimate of drug-likeness (QED) is 0.624. The lowest BCUT2D eigenvalue weighted by atomic mass is 9.95. The highest BCUT2D eigenvalue weighted by atomic mass is 16.2. The van der Waals surface area contributed by atoms with E-state index in [1.54, 1.807) is 24.3 Å². The minimum Gasteiger partial charge on any atom is -0.352 e. The SMILES string of the molecule is CCNC(=O)c1cccc(NC(=O)C[NH2+][C@H](c2ccc(CC)cc2)C(C)C)c1. The zero-order chi connectivity index (χ0) is 20.5. The first-order valence-electron chi connectivity index (χ1n) is 10.0. The van der Waals surface area contributed by atoms with Gasteiger partial charge in [0.15, 0.2) is 6.54 Å². The van der Waals surface area contributed by atoms with Gasteiger partial charge in [-0.15, -0.1) is 0 Å². The average molecular weight is 383 g/mol. The molecule has 0 aliphatic carbocycles. The van der Waals surface area contributed by atoms with E-state index in [2.05, 4.69) is 61.0 Å². The van der Waals surface area contributed by atoms with Gasteiger partial charge in [0, 0.05) is 29.3 Å². The minimum absolute atomic E-state index is 0.0797. The molecule has 0 radical (unpaired) electrons. The maximum Gasteiger partial charge on any atom is 0.279 e. The normalized spacial score (nSPS) is 11.9. The van der Waals surface area contributed by atoms with E-state index in [4.69, 9.17) is 0 Å². The maximum atomic E-state index is 12.4. The van der Waals surface area contributed by atoms with Gasteiger partial charge in [-0.3, -0.25) is 9.59 Å². The molecule has 5 heteroatoms. The highest BCUT2D eigenvalue weighted by molar-refractivity contribution is 5.97. The molecular formula is C23H32N3O2+. The van der Waals surface area contributed by atoms with Crippen molar-refractivity contribution in [1.29, 1.82) is 0 Å². The Hall–Kier alpha value is -2.66. The van der Waals surface area contributed by atoms with Crippen LogP contribution >= 0.6 is 0 Å². The highest BCUT2D eigenvalue weighted by Gasteiger charge is 2.20. The van der Waals surface area contributed by atoms with Gasteiger partial charge in [0.25, 0.3) is 11.8 Å². The van der Waals surface area contributed by atoms with E-state index < -0.39 is 0 Å². The summed E-state index contributed by atoms with van der Waals surface area (Å²) in [4.78, 5) is 24.4. The van der Waals surface area contributed by atoms with E-state index >= 15 is 0 Å². The lowest BCUT2D eigenvalue weighted by molar-refractivity contribution is -0.692. The number of hydrogen-bond acceptors (Lipinski definition) is 2. The third-order valence-electron chi connectivity index (χ3n) is 4.79. The second-order valence-corrected chi connectivity index (χ2v) is 7.29. The van der Waals surface area contributed by atoms with Crippen LogP contribution in [0.2, 0.25) is 0 Å². The minimum atomic E-state index is -0.138. The molecule has 0 unspecified atom stereocenters. The molecule has 0 aliphatic rings. The number of aryl methyl sites for hydroxylation is 1. The second kappa shape index (κ2) is 10.6. The molecule has 0 aliphatic heterocycles. The molecule has 0 spiro atoms. The first kappa shape index (κ1) is 21.6. The largest absolute Gasteiger partial charge is 0.352 e. The Morgan fingerprint density at radius 1 is 1.04 bits per heavy atom. The Morgan fingerprint density at radius 3 is 2.36 bits per heavy atom. The highest BCUT2D eigenvalue weighted by Crippen LogP contribution is 2.18. The summed E-state index contributed by atoms with van der Waals surface area (Å²) in [5.41, 5.74) is 3.73. The van der Waals surface area contributed by atoms with Crippen LogP contribution in [-0.4, -0.2) is 24.9 Å². The Balaban J connectivity index is 1.97. The third kappa shape index (κ3) is 6.20. The van der Waals surface area contributed by atoms with Crippen molar-refractivity contribution in [3.05, 3.63) is 65.2 Å². The Bertz CT molecular complexity index is 785. The third-order valence-corrected chi connectivity index (χ3v) is 4.79. The number of benzene rings is 2. The van der Waals surface area contributed by atoms with Gasteiger partial charge in [-0.05, 0) is 37.1 Å². The Morgan fingerprint density at radius 2 is 1.75 bits per heavy atom. The van der Waals surface area contributed by atoms with Crippen molar-refractivity contribution in [3.63, 3.8) is 0 Å². The van der Waals surface area contributed by atoms with Gasteiger partial charge in [0.2, 0.25) is 0 Å². The van der Waals surface area contributed by atoms with E-state index in [1.807, 2.05) is 6.92 Å². The lowest BCUT2D eigenvalue weighted by Gasteiger charge is -2.20. The fraction of sp³-hybridized carbons (Fsp3) is 0.391. The van der Waals surface area contributed by atoms with Crippen LogP contribution in [-0.2, 0) is 11.2 Å². The summed E-state index contributed by atoms with van der Waals surface area (Å²) in [6, 6.07) is 15.9. The van der Waals surface area contributed by atoms with Crippen molar-refractivity contribution < 1.29 is 14.9 Å². The van der Waals surface area contributed by atoms with Crippen molar-refractivity contribution in [2.45, 2.75) is 40.2 Å². The number of rotatable bonds is 9. The number of nitrogens with one attached hydrogen (secondary N) is 2. The zero-order valence-corrected chi connectivity index (χ0v) is 17.3. The number of nitrogens with two attached hydrogens (primary N) is 1. The predicted molar refractivity (Wildman–Crippen MR) is 113 cm³/mol. The molecule has 0 aromatic heterocycles. The fourth-order valence-corrected chi connectivity index (χ4v) is 3.22. The monoisotopic (exact) mass is 382 g/mol. The molecule has 4 N–H and O–H groups in total. The maximum absolute atomic E-state index is 12.4. The zero-order valence-electron chi connectivity index (χ0n) is 17.3. The first-order chi connectivity index (χ1) is 13.4. The average Bonchev–Trinajstić information content (AvgIpc) is 2.68. The van der Waals surface area contributed by atoms with Gasteiger partial charge in [-0.2, -0.15) is 0 Å². The topological polar surface area (TPSA) is 74.8 Å². The van der Waals surface area contributed by atoms with Crippen LogP contribution in [0.4, 0.5) is 5.69 Å². The molecule has 2 aromatic rings. The van der Waals surface area contributed by atoms with E-state index in [9.17, 15) is 9.59 Å². The molecule has 0 bridgehead atoms. The summed E-state index contributed by atoms with van der Waals surface area (Å²) in [5.74, 6) is 0.186. The number of anilines is 1. The first-order valence-corrected chi connectivity index (χ1v) is 10.0. The van der Waals surface area contributed by atoms with Crippen LogP contribution in [0.5, 0.6) is 0 Å². The summed E-state index contributed by atoms with van der Waals surface area (Å²) in [6.07, 6.45) is 1.02. The molecule has 1 atom stereocenters. The number of amides is 2. The van der Waals surface area contributed by atoms with E-state index in [0.717, 1.165) is 6.42 Å². The summed E-state index contributed by atoms with van der Waals surface area (Å²) < 4.78 is 0. The molecule has 0 fully saturated rings. The van der Waals surface area contributed by atoms with Crippen molar-refractivity contribution in [2.24, 2.45) is 5.92 Å². The van der Waals surface area contributed by atoms with Crippen LogP contribution < -0.4 is 16.0 Å². The molecule has 2 rings (SSSR count). The Kier molecular flexibility index (Phi) is 8.20. The molecule has 0 saturated heterocycles. The van der Waals surface area contributed by atoms with Gasteiger partial charge in [0.1, 0.15) is 6.04 Å². The van der Waals surface area contributed by atoms with Crippen LogP contribution in [0, 0.1) is 5.92 Å². The van der Waals surface area contributed by atoms with Gasteiger partial charge < -0.3 is 16.0 Å². The van der Waals surface area contributed by atoms with Gasteiger partial charge in [0.05, 0.1) is 0 Å². The Labute approximate surface area is 167 Å². The summed E-state index contributed by atoms with van der Waals surface area (Å²) >= 11 is 0. The van der Waals surface area contributed by atoms with Crippen LogP contribution in [0.3, 0.4) is 0 Å². The molecule has 2 aromatic carbocycles. The molecule has 2 amide bonds. The second-order valence-electron chi connectivity index (χ2n) is 7.29. The molecule has 0 heterocycles. The molecule has 150 valence electrons. The molecular weight excluding hydrogens is 350 g/mol. The number of carbonyl (C=O) groups excluding carboxylic acids is 2. The van der Waals surface area contributed by atoms with E-state index in [1.165, 1.54) is 11.1 Å². The summed E-state index contributed by atoms with van der Waals surface area (Å²) in [7, 11) is 0. The van der Waals surface area contributed by atoms with Crippen LogP contribution in [0.15, 0.2) is 48.5 Å². The molecule has 28 heavy (non-hydrogen) atoms. The number of hydrogen-bond donors (Lipinski definition) is 3. The smallest absolute Gasteiger partial charge is 0.279 e. The van der Waals surface area contributed by atoms with Gasteiger partial charge >= 0.3 is 0 Å². The summed E-state index contributed by atoms with van der Waals surface area (Å²) in [6.45, 7) is 9.25. The lowest BCUT2D eigenvalue weighted by Crippen LogP contribution is -2.88. The predicted octanol–water partition coefficient (Wildman–Crippen LogP) is 2.90.